The minimum Gasteiger partial charge on any atom is -0.353 e. The lowest BCUT2D eigenvalue weighted by molar-refractivity contribution is -0.125. The number of hydrogen-bond acceptors (Lipinski definition) is 1. The van der Waals surface area contributed by atoms with Crippen LogP contribution in [0, 0.1) is 17.8 Å². The second-order valence-electron chi connectivity index (χ2n) is 5.17. The quantitative estimate of drug-likeness (QED) is 0.724. The molecular weight excluding hydrogens is 174 g/mol. The number of rotatable bonds is 2. The van der Waals surface area contributed by atoms with Crippen LogP contribution < -0.4 is 5.32 Å². The zero-order valence-electron chi connectivity index (χ0n) is 9.84. The number of carbonyl (C=O) groups excluding carboxylic acids is 1. The summed E-state index contributed by atoms with van der Waals surface area (Å²) < 4.78 is 0. The van der Waals surface area contributed by atoms with Crippen LogP contribution in [-0.4, -0.2) is 11.9 Å². The zero-order valence-corrected chi connectivity index (χ0v) is 9.84. The van der Waals surface area contributed by atoms with Crippen molar-refractivity contribution in [2.24, 2.45) is 17.8 Å². The van der Waals surface area contributed by atoms with E-state index in [1.54, 1.807) is 0 Å². The van der Waals surface area contributed by atoms with Gasteiger partial charge in [0.05, 0.1) is 0 Å². The molecular formula is C12H23NO. The van der Waals surface area contributed by atoms with Gasteiger partial charge in [-0.1, -0.05) is 27.7 Å². The second kappa shape index (κ2) is 4.81. The second-order valence-corrected chi connectivity index (χ2v) is 5.17. The first-order chi connectivity index (χ1) is 6.50. The third kappa shape index (κ3) is 3.00. The molecule has 2 nitrogen and oxygen atoms in total. The summed E-state index contributed by atoms with van der Waals surface area (Å²) in [6.45, 7) is 8.45. The van der Waals surface area contributed by atoms with Crippen LogP contribution in [0.2, 0.25) is 0 Å². The first kappa shape index (κ1) is 11.5. The van der Waals surface area contributed by atoms with Crippen LogP contribution in [-0.2, 0) is 4.79 Å². The molecule has 1 aliphatic rings. The first-order valence-electron chi connectivity index (χ1n) is 5.81. The first-order valence-corrected chi connectivity index (χ1v) is 5.81. The highest BCUT2D eigenvalue weighted by molar-refractivity contribution is 5.78. The Morgan fingerprint density at radius 2 is 1.93 bits per heavy atom. The minimum atomic E-state index is 0.113. The molecule has 1 rings (SSSR count). The molecule has 0 bridgehead atoms. The van der Waals surface area contributed by atoms with Crippen molar-refractivity contribution >= 4 is 5.91 Å². The molecule has 1 aliphatic carbocycles. The molecule has 1 saturated carbocycles. The summed E-state index contributed by atoms with van der Waals surface area (Å²) in [4.78, 5) is 11.5. The van der Waals surface area contributed by atoms with E-state index in [2.05, 4.69) is 19.2 Å². The van der Waals surface area contributed by atoms with Gasteiger partial charge in [0.2, 0.25) is 5.91 Å². The van der Waals surface area contributed by atoms with Crippen molar-refractivity contribution in [3.05, 3.63) is 0 Å². The van der Waals surface area contributed by atoms with Gasteiger partial charge in [0, 0.05) is 12.0 Å². The van der Waals surface area contributed by atoms with E-state index in [-0.39, 0.29) is 11.8 Å². The zero-order chi connectivity index (χ0) is 10.7. The molecule has 0 aromatic heterocycles. The molecule has 1 fully saturated rings. The van der Waals surface area contributed by atoms with Crippen molar-refractivity contribution in [3.8, 4) is 0 Å². The van der Waals surface area contributed by atoms with E-state index < -0.39 is 0 Å². The van der Waals surface area contributed by atoms with Crippen LogP contribution in [0.25, 0.3) is 0 Å². The van der Waals surface area contributed by atoms with E-state index in [1.807, 2.05) is 13.8 Å². The SMILES string of the molecule is CC1CCC(NC(=O)C(C)C)C(C)C1. The van der Waals surface area contributed by atoms with Crippen LogP contribution in [0.3, 0.4) is 0 Å². The maximum Gasteiger partial charge on any atom is 0.222 e. The summed E-state index contributed by atoms with van der Waals surface area (Å²) in [6.07, 6.45) is 3.66. The van der Waals surface area contributed by atoms with Crippen LogP contribution in [0.5, 0.6) is 0 Å². The van der Waals surface area contributed by atoms with Gasteiger partial charge in [-0.2, -0.15) is 0 Å². The Morgan fingerprint density at radius 1 is 1.29 bits per heavy atom. The highest BCUT2D eigenvalue weighted by Gasteiger charge is 2.26. The molecule has 0 radical (unpaired) electrons. The minimum absolute atomic E-state index is 0.113. The summed E-state index contributed by atoms with van der Waals surface area (Å²) in [5.41, 5.74) is 0. The van der Waals surface area contributed by atoms with E-state index in [4.69, 9.17) is 0 Å². The average Bonchev–Trinajstić information content (AvgIpc) is 2.09. The Hall–Kier alpha value is -0.530. The molecule has 1 N–H and O–H groups in total. The topological polar surface area (TPSA) is 29.1 Å². The van der Waals surface area contributed by atoms with E-state index >= 15 is 0 Å². The van der Waals surface area contributed by atoms with Crippen LogP contribution in [0.1, 0.15) is 47.0 Å². The van der Waals surface area contributed by atoms with E-state index in [9.17, 15) is 4.79 Å². The summed E-state index contributed by atoms with van der Waals surface area (Å²) in [5.74, 6) is 1.79. The molecule has 14 heavy (non-hydrogen) atoms. The fraction of sp³-hybridized carbons (Fsp3) is 0.917. The van der Waals surface area contributed by atoms with E-state index in [1.165, 1.54) is 12.8 Å². The largest absolute Gasteiger partial charge is 0.353 e. The van der Waals surface area contributed by atoms with Crippen molar-refractivity contribution in [1.82, 2.24) is 5.32 Å². The van der Waals surface area contributed by atoms with Gasteiger partial charge in [0.25, 0.3) is 0 Å². The van der Waals surface area contributed by atoms with E-state index in [0.29, 0.717) is 12.0 Å². The van der Waals surface area contributed by atoms with Gasteiger partial charge in [-0.15, -0.1) is 0 Å². The lowest BCUT2D eigenvalue weighted by Crippen LogP contribution is -2.43. The van der Waals surface area contributed by atoms with Crippen LogP contribution in [0.15, 0.2) is 0 Å². The fourth-order valence-electron chi connectivity index (χ4n) is 2.23. The molecule has 0 aromatic rings. The molecule has 3 atom stereocenters. The molecule has 0 aliphatic heterocycles. The molecule has 0 heterocycles. The lowest BCUT2D eigenvalue weighted by Gasteiger charge is -2.33. The maximum atomic E-state index is 11.5. The molecule has 3 unspecified atom stereocenters. The van der Waals surface area contributed by atoms with Gasteiger partial charge in [-0.05, 0) is 31.1 Å². The summed E-state index contributed by atoms with van der Waals surface area (Å²) >= 11 is 0. The van der Waals surface area contributed by atoms with Crippen molar-refractivity contribution in [1.29, 1.82) is 0 Å². The fourth-order valence-corrected chi connectivity index (χ4v) is 2.23. The Morgan fingerprint density at radius 3 is 2.43 bits per heavy atom. The monoisotopic (exact) mass is 197 g/mol. The Labute approximate surface area is 87.5 Å². The van der Waals surface area contributed by atoms with Gasteiger partial charge >= 0.3 is 0 Å². The van der Waals surface area contributed by atoms with Crippen molar-refractivity contribution in [3.63, 3.8) is 0 Å². The third-order valence-electron chi connectivity index (χ3n) is 3.28. The molecule has 0 saturated heterocycles. The molecule has 2 heteroatoms. The van der Waals surface area contributed by atoms with Crippen LogP contribution in [0.4, 0.5) is 0 Å². The normalized spacial score (nSPS) is 33.1. The molecule has 1 amide bonds. The highest BCUT2D eigenvalue weighted by atomic mass is 16.1. The molecule has 0 spiro atoms. The lowest BCUT2D eigenvalue weighted by atomic mass is 9.80. The smallest absolute Gasteiger partial charge is 0.222 e. The number of amides is 1. The van der Waals surface area contributed by atoms with Gasteiger partial charge in [0.15, 0.2) is 0 Å². The Bertz CT molecular complexity index is 200. The average molecular weight is 197 g/mol. The number of nitrogens with one attached hydrogen (secondary N) is 1. The van der Waals surface area contributed by atoms with Crippen molar-refractivity contribution in [2.45, 2.75) is 53.0 Å². The predicted octanol–water partition coefficient (Wildman–Crippen LogP) is 2.58. The summed E-state index contributed by atoms with van der Waals surface area (Å²) in [7, 11) is 0. The van der Waals surface area contributed by atoms with Gasteiger partial charge < -0.3 is 5.32 Å². The highest BCUT2D eigenvalue weighted by Crippen LogP contribution is 2.28. The Balaban J connectivity index is 2.41. The Kier molecular flexibility index (Phi) is 3.97. The van der Waals surface area contributed by atoms with Crippen molar-refractivity contribution < 1.29 is 4.79 Å². The maximum absolute atomic E-state index is 11.5. The van der Waals surface area contributed by atoms with Gasteiger partial charge in [0.1, 0.15) is 0 Å². The standard InChI is InChI=1S/C12H23NO/c1-8(2)12(14)13-11-6-5-9(3)7-10(11)4/h8-11H,5-7H2,1-4H3,(H,13,14). The third-order valence-corrected chi connectivity index (χ3v) is 3.28. The van der Waals surface area contributed by atoms with Gasteiger partial charge in [-0.25, -0.2) is 0 Å². The number of carbonyl (C=O) groups is 1. The van der Waals surface area contributed by atoms with E-state index in [0.717, 1.165) is 12.3 Å². The van der Waals surface area contributed by atoms with Crippen LogP contribution >= 0.6 is 0 Å². The van der Waals surface area contributed by atoms with Crippen molar-refractivity contribution in [2.75, 3.05) is 0 Å². The van der Waals surface area contributed by atoms with Gasteiger partial charge in [-0.3, -0.25) is 4.79 Å². The molecule has 82 valence electrons. The molecule has 0 aromatic carbocycles. The number of hydrogen-bond donors (Lipinski definition) is 1. The summed E-state index contributed by atoms with van der Waals surface area (Å²) in [6, 6.07) is 0.418. The summed E-state index contributed by atoms with van der Waals surface area (Å²) in [5, 5.41) is 3.15. The predicted molar refractivity (Wildman–Crippen MR) is 58.9 cm³/mol.